The molecule has 3 aromatic heterocycles. The fourth-order valence-electron chi connectivity index (χ4n) is 8.82. The van der Waals surface area contributed by atoms with E-state index >= 15 is 0 Å². The van der Waals surface area contributed by atoms with Gasteiger partial charge in [-0.05, 0) is 52.6 Å². The Labute approximate surface area is 306 Å². The second-order valence-corrected chi connectivity index (χ2v) is 14.5. The van der Waals surface area contributed by atoms with Crippen molar-refractivity contribution in [1.29, 1.82) is 0 Å². The third-order valence-electron chi connectivity index (χ3n) is 11.2. The Morgan fingerprint density at radius 1 is 0.434 bits per heavy atom. The van der Waals surface area contributed by atoms with Crippen LogP contribution in [0, 0.1) is 0 Å². The van der Waals surface area contributed by atoms with E-state index in [1.54, 1.807) is 0 Å². The van der Waals surface area contributed by atoms with E-state index in [-0.39, 0.29) is 5.41 Å². The minimum Gasteiger partial charge on any atom is -0.309 e. The molecule has 0 saturated heterocycles. The first-order chi connectivity index (χ1) is 26.1. The number of fused-ring (bicyclic) bond motifs is 10. The number of para-hydroxylation sites is 2. The van der Waals surface area contributed by atoms with Gasteiger partial charge in [-0.3, -0.25) is 4.57 Å². The average Bonchev–Trinajstić information content (AvgIpc) is 3.81. The lowest BCUT2D eigenvalue weighted by atomic mass is 9.80. The van der Waals surface area contributed by atoms with E-state index in [4.69, 9.17) is 15.0 Å². The topological polar surface area (TPSA) is 48.5 Å². The van der Waals surface area contributed by atoms with Crippen molar-refractivity contribution in [1.82, 2.24) is 24.1 Å². The molecule has 53 heavy (non-hydrogen) atoms. The zero-order valence-electron chi connectivity index (χ0n) is 29.3. The smallest absolute Gasteiger partial charge is 0.238 e. The summed E-state index contributed by atoms with van der Waals surface area (Å²) < 4.78 is 4.65. The van der Waals surface area contributed by atoms with E-state index in [0.717, 1.165) is 27.8 Å². The van der Waals surface area contributed by atoms with E-state index in [9.17, 15) is 0 Å². The highest BCUT2D eigenvalue weighted by molar-refractivity contribution is 6.15. The van der Waals surface area contributed by atoms with Crippen molar-refractivity contribution in [3.8, 4) is 45.5 Å². The molecule has 250 valence electrons. The summed E-state index contributed by atoms with van der Waals surface area (Å²) in [4.78, 5) is 15.6. The predicted molar refractivity (Wildman–Crippen MR) is 217 cm³/mol. The minimum absolute atomic E-state index is 0.209. The normalized spacial score (nSPS) is 13.2. The van der Waals surface area contributed by atoms with Gasteiger partial charge in [0, 0.05) is 43.8 Å². The van der Waals surface area contributed by atoms with Crippen molar-refractivity contribution in [2.24, 2.45) is 0 Å². The summed E-state index contributed by atoms with van der Waals surface area (Å²) >= 11 is 0. The Hall–Kier alpha value is -6.85. The third-order valence-corrected chi connectivity index (χ3v) is 11.2. The lowest BCUT2D eigenvalue weighted by Crippen LogP contribution is -2.15. The molecule has 5 nitrogen and oxygen atoms in total. The van der Waals surface area contributed by atoms with Crippen LogP contribution in [0.4, 0.5) is 0 Å². The van der Waals surface area contributed by atoms with Crippen LogP contribution in [0.3, 0.4) is 0 Å². The molecule has 0 fully saturated rings. The number of benzene rings is 7. The van der Waals surface area contributed by atoms with Gasteiger partial charge in [-0.1, -0.05) is 147 Å². The van der Waals surface area contributed by atoms with Crippen molar-refractivity contribution in [2.45, 2.75) is 19.3 Å². The molecule has 0 bridgehead atoms. The average molecular weight is 680 g/mol. The largest absolute Gasteiger partial charge is 0.309 e. The lowest BCUT2D eigenvalue weighted by molar-refractivity contribution is 0.666. The zero-order chi connectivity index (χ0) is 35.3. The van der Waals surface area contributed by atoms with Crippen molar-refractivity contribution in [3.63, 3.8) is 0 Å². The Bertz CT molecular complexity index is 2970. The molecule has 0 amide bonds. The van der Waals surface area contributed by atoms with Crippen molar-refractivity contribution >= 4 is 43.6 Å². The second-order valence-electron chi connectivity index (χ2n) is 14.5. The fourth-order valence-corrected chi connectivity index (χ4v) is 8.82. The van der Waals surface area contributed by atoms with Crippen LogP contribution in [0.2, 0.25) is 0 Å². The molecule has 1 aliphatic carbocycles. The maximum atomic E-state index is 5.27. The van der Waals surface area contributed by atoms with Gasteiger partial charge in [-0.2, -0.15) is 9.97 Å². The van der Waals surface area contributed by atoms with E-state index in [1.807, 2.05) is 36.4 Å². The van der Waals surface area contributed by atoms with Crippen LogP contribution >= 0.6 is 0 Å². The first-order valence-corrected chi connectivity index (χ1v) is 18.1. The van der Waals surface area contributed by atoms with Crippen LogP contribution in [0.25, 0.3) is 89.2 Å². The molecule has 0 saturated carbocycles. The highest BCUT2D eigenvalue weighted by Gasteiger charge is 2.38. The monoisotopic (exact) mass is 679 g/mol. The van der Waals surface area contributed by atoms with Gasteiger partial charge >= 0.3 is 0 Å². The van der Waals surface area contributed by atoms with Gasteiger partial charge in [0.15, 0.2) is 11.6 Å². The van der Waals surface area contributed by atoms with Crippen LogP contribution in [0.5, 0.6) is 0 Å². The molecule has 0 unspecified atom stereocenters. The highest BCUT2D eigenvalue weighted by atomic mass is 15.2. The molecule has 0 N–H and O–H groups in total. The molecule has 0 atom stereocenters. The standard InChI is InChI=1S/C48H33N5/c1-48(2)38-22-12-9-19-33(38)36-27-28-41-43(44(36)48)37-26-25-32(52-39-23-13-10-20-34(39)35-21-11-14-24-40(35)52)29-42(37)53(41)47-50-45(30-15-5-3-6-16-30)49-46(51-47)31-17-7-4-8-18-31/h3-29H,1-2H3. The minimum atomic E-state index is -0.209. The summed E-state index contributed by atoms with van der Waals surface area (Å²) in [6.45, 7) is 4.72. The van der Waals surface area contributed by atoms with Gasteiger partial charge in [0.05, 0.1) is 22.1 Å². The maximum Gasteiger partial charge on any atom is 0.238 e. The molecule has 7 aromatic carbocycles. The summed E-state index contributed by atoms with van der Waals surface area (Å²) in [5.74, 6) is 1.86. The van der Waals surface area contributed by atoms with Gasteiger partial charge in [0.1, 0.15) is 0 Å². The Morgan fingerprint density at radius 2 is 1.02 bits per heavy atom. The molecule has 5 heteroatoms. The van der Waals surface area contributed by atoms with Gasteiger partial charge < -0.3 is 4.57 Å². The van der Waals surface area contributed by atoms with Crippen molar-refractivity contribution in [3.05, 3.63) is 175 Å². The molecule has 11 rings (SSSR count). The van der Waals surface area contributed by atoms with E-state index in [0.29, 0.717) is 17.6 Å². The molecule has 0 radical (unpaired) electrons. The second kappa shape index (κ2) is 11.1. The SMILES string of the molecule is CC1(C)c2ccccc2-c2ccc3c(c21)c1ccc(-n2c4ccccc4c4ccccc42)cc1n3-c1nc(-c2ccccc2)nc(-c2ccccc2)n1. The summed E-state index contributed by atoms with van der Waals surface area (Å²) in [6.07, 6.45) is 0. The molecular formula is C48H33N5. The number of rotatable bonds is 4. The third kappa shape index (κ3) is 4.28. The zero-order valence-corrected chi connectivity index (χ0v) is 29.3. The van der Waals surface area contributed by atoms with Crippen LogP contribution in [-0.4, -0.2) is 24.1 Å². The molecule has 1 aliphatic rings. The molecule has 3 heterocycles. The van der Waals surface area contributed by atoms with Gasteiger partial charge in [-0.25, -0.2) is 4.98 Å². The van der Waals surface area contributed by atoms with Gasteiger partial charge in [-0.15, -0.1) is 0 Å². The quantitative estimate of drug-likeness (QED) is 0.186. The van der Waals surface area contributed by atoms with Crippen LogP contribution in [0.1, 0.15) is 25.0 Å². The molecular weight excluding hydrogens is 647 g/mol. The van der Waals surface area contributed by atoms with Crippen LogP contribution in [-0.2, 0) is 5.41 Å². The fraction of sp³-hybridized carbons (Fsp3) is 0.0625. The van der Waals surface area contributed by atoms with Crippen molar-refractivity contribution in [2.75, 3.05) is 0 Å². The summed E-state index contributed by atoms with van der Waals surface area (Å²) in [6, 6.07) is 58.1. The van der Waals surface area contributed by atoms with E-state index < -0.39 is 0 Å². The van der Waals surface area contributed by atoms with E-state index in [1.165, 1.54) is 54.8 Å². The van der Waals surface area contributed by atoms with Gasteiger partial charge in [0.25, 0.3) is 0 Å². The Kier molecular flexibility index (Phi) is 6.23. The van der Waals surface area contributed by atoms with Crippen molar-refractivity contribution < 1.29 is 0 Å². The number of aromatic nitrogens is 5. The highest BCUT2D eigenvalue weighted by Crippen LogP contribution is 2.53. The number of hydrogen-bond donors (Lipinski definition) is 0. The van der Waals surface area contributed by atoms with Gasteiger partial charge in [0.2, 0.25) is 5.95 Å². The van der Waals surface area contributed by atoms with Crippen LogP contribution < -0.4 is 0 Å². The number of hydrogen-bond acceptors (Lipinski definition) is 3. The van der Waals surface area contributed by atoms with Crippen LogP contribution in [0.15, 0.2) is 164 Å². The number of nitrogens with zero attached hydrogens (tertiary/aromatic N) is 5. The van der Waals surface area contributed by atoms with E-state index in [2.05, 4.69) is 150 Å². The molecule has 0 spiro atoms. The first-order valence-electron chi connectivity index (χ1n) is 18.1. The maximum absolute atomic E-state index is 5.27. The lowest BCUT2D eigenvalue weighted by Gasteiger charge is -2.22. The summed E-state index contributed by atoms with van der Waals surface area (Å²) in [5, 5.41) is 4.87. The first kappa shape index (κ1) is 29.8. The summed E-state index contributed by atoms with van der Waals surface area (Å²) in [7, 11) is 0. The Balaban J connectivity index is 1.27. The molecule has 0 aliphatic heterocycles. The summed E-state index contributed by atoms with van der Waals surface area (Å²) in [5.41, 5.74) is 12.5. The Morgan fingerprint density at radius 3 is 1.68 bits per heavy atom. The predicted octanol–water partition coefficient (Wildman–Crippen LogP) is 11.7. The molecule has 10 aromatic rings.